The number of hydrogen-bond donors (Lipinski definition) is 2. The third-order valence-corrected chi connectivity index (χ3v) is 5.76. The van der Waals surface area contributed by atoms with Gasteiger partial charge in [0.15, 0.2) is 5.17 Å². The van der Waals surface area contributed by atoms with E-state index in [0.717, 1.165) is 43.4 Å². The quantitative estimate of drug-likeness (QED) is 0.877. The van der Waals surface area contributed by atoms with E-state index in [0.29, 0.717) is 5.17 Å². The van der Waals surface area contributed by atoms with Crippen molar-refractivity contribution in [2.75, 3.05) is 5.75 Å². The summed E-state index contributed by atoms with van der Waals surface area (Å²) >= 11 is 1.53. The Morgan fingerprint density at radius 3 is 2.83 bits per heavy atom. The Balaban J connectivity index is 1.83. The molecule has 1 amide bonds. The van der Waals surface area contributed by atoms with Crippen molar-refractivity contribution in [3.8, 4) is 0 Å². The van der Waals surface area contributed by atoms with Crippen LogP contribution in [0.4, 0.5) is 4.39 Å². The van der Waals surface area contributed by atoms with Crippen LogP contribution in [0.3, 0.4) is 0 Å². The number of aliphatic imine (C=N–C) groups is 1. The lowest BCUT2D eigenvalue weighted by Crippen LogP contribution is -2.37. The fourth-order valence-corrected chi connectivity index (χ4v) is 4.41. The molecule has 4 nitrogen and oxygen atoms in total. The summed E-state index contributed by atoms with van der Waals surface area (Å²) in [4.78, 5) is 17.1. The van der Waals surface area contributed by atoms with Gasteiger partial charge in [-0.3, -0.25) is 9.79 Å². The summed E-state index contributed by atoms with van der Waals surface area (Å²) in [6, 6.07) is 4.87. The Kier molecular flexibility index (Phi) is 5.13. The molecule has 1 aromatic rings. The van der Waals surface area contributed by atoms with Crippen LogP contribution in [0.15, 0.2) is 23.2 Å². The lowest BCUT2D eigenvalue weighted by atomic mass is 9.88. The van der Waals surface area contributed by atoms with Crippen molar-refractivity contribution in [1.29, 1.82) is 0 Å². The number of amides is 1. The number of thioether (sulfide) groups is 1. The highest BCUT2D eigenvalue weighted by Gasteiger charge is 2.31. The average Bonchev–Trinajstić information content (AvgIpc) is 2.55. The van der Waals surface area contributed by atoms with Crippen LogP contribution in [0.5, 0.6) is 0 Å². The van der Waals surface area contributed by atoms with Gasteiger partial charge in [-0.1, -0.05) is 37.1 Å². The largest absolute Gasteiger partial charge is 0.379 e. The van der Waals surface area contributed by atoms with E-state index in [1.165, 1.54) is 24.2 Å². The summed E-state index contributed by atoms with van der Waals surface area (Å²) in [6.45, 7) is 1.98. The minimum Gasteiger partial charge on any atom is -0.379 e. The molecule has 2 aliphatic rings. The minimum atomic E-state index is -0.497. The van der Waals surface area contributed by atoms with Gasteiger partial charge in [-0.2, -0.15) is 0 Å². The van der Waals surface area contributed by atoms with Gasteiger partial charge in [-0.05, 0) is 43.9 Å². The van der Waals surface area contributed by atoms with Gasteiger partial charge in [0.25, 0.3) is 5.91 Å². The zero-order chi connectivity index (χ0) is 17.2. The van der Waals surface area contributed by atoms with Crippen molar-refractivity contribution in [3.63, 3.8) is 0 Å². The van der Waals surface area contributed by atoms with Gasteiger partial charge in [-0.25, -0.2) is 4.39 Å². The molecule has 1 heterocycles. The Morgan fingerprint density at radius 2 is 2.12 bits per heavy atom. The maximum Gasteiger partial charge on any atom is 0.254 e. The van der Waals surface area contributed by atoms with E-state index < -0.39 is 11.4 Å². The molecule has 6 heteroatoms. The van der Waals surface area contributed by atoms with E-state index >= 15 is 0 Å². The Labute approximate surface area is 146 Å². The maximum atomic E-state index is 14.2. The number of amidine groups is 1. The summed E-state index contributed by atoms with van der Waals surface area (Å²) in [5.41, 5.74) is 6.30. The number of hydrogen-bond acceptors (Lipinski definition) is 4. The highest BCUT2D eigenvalue weighted by atomic mass is 32.2. The molecular formula is C18H24FN3OS. The Bertz CT molecular complexity index is 658. The van der Waals surface area contributed by atoms with E-state index in [1.807, 2.05) is 6.92 Å². The van der Waals surface area contributed by atoms with Crippen molar-refractivity contribution in [2.45, 2.75) is 57.0 Å². The fraction of sp³-hybridized carbons (Fsp3) is 0.556. The van der Waals surface area contributed by atoms with Crippen LogP contribution in [0, 0.1) is 5.82 Å². The van der Waals surface area contributed by atoms with Gasteiger partial charge in [0.05, 0.1) is 11.1 Å². The molecule has 130 valence electrons. The molecule has 0 aromatic heterocycles. The molecule has 0 radical (unpaired) electrons. The smallest absolute Gasteiger partial charge is 0.254 e. The first-order chi connectivity index (χ1) is 11.5. The molecule has 24 heavy (non-hydrogen) atoms. The molecule has 0 saturated heterocycles. The summed E-state index contributed by atoms with van der Waals surface area (Å²) in [7, 11) is 0. The molecule has 1 saturated carbocycles. The highest BCUT2D eigenvalue weighted by Crippen LogP contribution is 2.35. The summed E-state index contributed by atoms with van der Waals surface area (Å²) < 4.78 is 14.2. The van der Waals surface area contributed by atoms with Crippen molar-refractivity contribution in [3.05, 3.63) is 35.1 Å². The van der Waals surface area contributed by atoms with Crippen LogP contribution >= 0.6 is 11.8 Å². The fourth-order valence-electron chi connectivity index (χ4n) is 3.44. The predicted molar refractivity (Wildman–Crippen MR) is 96.8 cm³/mol. The molecule has 1 atom stereocenters. The summed E-state index contributed by atoms with van der Waals surface area (Å²) in [5, 5.41) is 3.53. The van der Waals surface area contributed by atoms with E-state index in [4.69, 9.17) is 5.73 Å². The molecule has 3 N–H and O–H groups in total. The molecule has 1 unspecified atom stereocenters. The Hall–Kier alpha value is -1.56. The van der Waals surface area contributed by atoms with Crippen LogP contribution in [0.2, 0.25) is 0 Å². The lowest BCUT2D eigenvalue weighted by Gasteiger charge is -2.30. The SMILES string of the molecule is CC1(c2ccc(F)c(C(=O)NC3CCCCC3)c2)CCSC(N)=N1. The van der Waals surface area contributed by atoms with E-state index in [2.05, 4.69) is 10.3 Å². The summed E-state index contributed by atoms with van der Waals surface area (Å²) in [6.07, 6.45) is 6.22. The van der Waals surface area contributed by atoms with Crippen molar-refractivity contribution >= 4 is 22.8 Å². The molecule has 3 rings (SSSR count). The number of rotatable bonds is 3. The van der Waals surface area contributed by atoms with Gasteiger partial charge >= 0.3 is 0 Å². The van der Waals surface area contributed by atoms with Crippen LogP contribution in [-0.2, 0) is 5.54 Å². The first-order valence-corrected chi connectivity index (χ1v) is 9.55. The highest BCUT2D eigenvalue weighted by molar-refractivity contribution is 8.13. The van der Waals surface area contributed by atoms with E-state index in [1.54, 1.807) is 12.1 Å². The minimum absolute atomic E-state index is 0.103. The van der Waals surface area contributed by atoms with Crippen molar-refractivity contribution < 1.29 is 9.18 Å². The standard InChI is InChI=1S/C18H24FN3OS/c1-18(9-10-24-17(20)22-18)12-7-8-15(19)14(11-12)16(23)21-13-5-3-2-4-6-13/h7-8,11,13H,2-6,9-10H2,1H3,(H2,20,22)(H,21,23). The number of benzene rings is 1. The topological polar surface area (TPSA) is 67.5 Å². The third kappa shape index (κ3) is 3.74. The molecule has 1 fully saturated rings. The molecule has 0 bridgehead atoms. The predicted octanol–water partition coefficient (Wildman–Crippen LogP) is 3.56. The number of carbonyl (C=O) groups is 1. The zero-order valence-corrected chi connectivity index (χ0v) is 14.8. The van der Waals surface area contributed by atoms with Gasteiger partial charge in [0, 0.05) is 11.8 Å². The third-order valence-electron chi connectivity index (χ3n) is 4.97. The second-order valence-electron chi connectivity index (χ2n) is 6.83. The molecular weight excluding hydrogens is 325 g/mol. The van der Waals surface area contributed by atoms with Crippen molar-refractivity contribution in [2.24, 2.45) is 10.7 Å². The van der Waals surface area contributed by atoms with Crippen LogP contribution in [0.1, 0.15) is 61.4 Å². The first kappa shape index (κ1) is 17.3. The monoisotopic (exact) mass is 349 g/mol. The number of nitrogens with one attached hydrogen (secondary N) is 1. The zero-order valence-electron chi connectivity index (χ0n) is 14.0. The average molecular weight is 349 g/mol. The maximum absolute atomic E-state index is 14.2. The first-order valence-electron chi connectivity index (χ1n) is 8.57. The van der Waals surface area contributed by atoms with Crippen LogP contribution < -0.4 is 11.1 Å². The van der Waals surface area contributed by atoms with Crippen LogP contribution in [0.25, 0.3) is 0 Å². The Morgan fingerprint density at radius 1 is 1.38 bits per heavy atom. The normalized spacial score (nSPS) is 25.2. The van der Waals surface area contributed by atoms with E-state index in [9.17, 15) is 9.18 Å². The summed E-state index contributed by atoms with van der Waals surface area (Å²) in [5.74, 6) is 0.0529. The molecule has 1 aliphatic heterocycles. The molecule has 0 spiro atoms. The van der Waals surface area contributed by atoms with Gasteiger partial charge in [0.2, 0.25) is 0 Å². The molecule has 1 aromatic carbocycles. The van der Waals surface area contributed by atoms with Gasteiger partial charge in [0.1, 0.15) is 5.82 Å². The second kappa shape index (κ2) is 7.13. The second-order valence-corrected chi connectivity index (χ2v) is 7.94. The number of halogens is 1. The number of nitrogens with zero attached hydrogens (tertiary/aromatic N) is 1. The van der Waals surface area contributed by atoms with Gasteiger partial charge < -0.3 is 11.1 Å². The number of nitrogens with two attached hydrogens (primary N) is 1. The van der Waals surface area contributed by atoms with E-state index in [-0.39, 0.29) is 17.5 Å². The molecule has 1 aliphatic carbocycles. The van der Waals surface area contributed by atoms with Crippen LogP contribution in [-0.4, -0.2) is 22.9 Å². The van der Waals surface area contributed by atoms with Crippen molar-refractivity contribution in [1.82, 2.24) is 5.32 Å². The lowest BCUT2D eigenvalue weighted by molar-refractivity contribution is 0.0923. The number of carbonyl (C=O) groups excluding carboxylic acids is 1. The van der Waals surface area contributed by atoms with Gasteiger partial charge in [-0.15, -0.1) is 0 Å².